The second-order valence-corrected chi connectivity index (χ2v) is 5.92. The van der Waals surface area contributed by atoms with Crippen molar-refractivity contribution < 1.29 is 19.2 Å². The van der Waals surface area contributed by atoms with E-state index in [1.165, 1.54) is 18.2 Å². The van der Waals surface area contributed by atoms with Crippen LogP contribution in [0.25, 0.3) is 0 Å². The number of anilines is 2. The summed E-state index contributed by atoms with van der Waals surface area (Å²) in [5.41, 5.74) is 6.26. The number of carbonyl (C=O) groups excluding carboxylic acids is 2. The highest BCUT2D eigenvalue weighted by Gasteiger charge is 2.23. The molecule has 2 aromatic carbocycles. The Labute approximate surface area is 154 Å². The third-order valence-electron chi connectivity index (χ3n) is 4.23. The first kappa shape index (κ1) is 18.3. The molecule has 3 N–H and O–H groups in total. The minimum Gasteiger partial charge on any atom is -0.378 e. The second-order valence-electron chi connectivity index (χ2n) is 5.92. The van der Waals surface area contributed by atoms with Crippen molar-refractivity contribution in [2.75, 3.05) is 36.5 Å². The lowest BCUT2D eigenvalue weighted by Crippen LogP contribution is -2.37. The Bertz CT molecular complexity index is 893. The lowest BCUT2D eigenvalue weighted by atomic mass is 10.1. The average Bonchev–Trinajstić information content (AvgIpc) is 2.68. The van der Waals surface area contributed by atoms with E-state index in [0.717, 1.165) is 0 Å². The molecule has 0 aromatic heterocycles. The van der Waals surface area contributed by atoms with Gasteiger partial charge in [-0.1, -0.05) is 12.1 Å². The smallest absolute Gasteiger partial charge is 0.270 e. The number of hydrogen-bond donors (Lipinski definition) is 2. The normalized spacial score (nSPS) is 13.9. The first-order chi connectivity index (χ1) is 13.0. The van der Waals surface area contributed by atoms with Crippen molar-refractivity contribution in [1.29, 1.82) is 0 Å². The van der Waals surface area contributed by atoms with Crippen LogP contribution in [0.1, 0.15) is 20.7 Å². The van der Waals surface area contributed by atoms with Crippen LogP contribution < -0.4 is 16.0 Å². The SMILES string of the molecule is NC(=O)c1ccccc1NC(=O)c1cc([N+](=O)[O-])ccc1N1CCOCC1. The van der Waals surface area contributed by atoms with E-state index in [9.17, 15) is 19.7 Å². The van der Waals surface area contributed by atoms with E-state index in [2.05, 4.69) is 5.32 Å². The third kappa shape index (κ3) is 4.04. The number of ether oxygens (including phenoxy) is 1. The van der Waals surface area contributed by atoms with Crippen LogP contribution in [0.15, 0.2) is 42.5 Å². The van der Waals surface area contributed by atoms with Gasteiger partial charge in [-0.3, -0.25) is 19.7 Å². The van der Waals surface area contributed by atoms with E-state index in [-0.39, 0.29) is 22.5 Å². The fourth-order valence-corrected chi connectivity index (χ4v) is 2.90. The summed E-state index contributed by atoms with van der Waals surface area (Å²) in [6.45, 7) is 2.14. The monoisotopic (exact) mass is 370 g/mol. The highest BCUT2D eigenvalue weighted by Crippen LogP contribution is 2.28. The molecule has 0 bridgehead atoms. The first-order valence-corrected chi connectivity index (χ1v) is 8.28. The maximum Gasteiger partial charge on any atom is 0.270 e. The summed E-state index contributed by atoms with van der Waals surface area (Å²) in [7, 11) is 0. The molecule has 3 rings (SSSR count). The molecular weight excluding hydrogens is 352 g/mol. The van der Waals surface area contributed by atoms with Crippen LogP contribution in [0.2, 0.25) is 0 Å². The maximum atomic E-state index is 12.9. The van der Waals surface area contributed by atoms with Crippen molar-refractivity contribution in [3.63, 3.8) is 0 Å². The molecule has 0 atom stereocenters. The molecule has 1 fully saturated rings. The molecule has 27 heavy (non-hydrogen) atoms. The van der Waals surface area contributed by atoms with E-state index >= 15 is 0 Å². The zero-order valence-corrected chi connectivity index (χ0v) is 14.4. The molecule has 0 saturated carbocycles. The number of nitrogens with zero attached hydrogens (tertiary/aromatic N) is 2. The van der Waals surface area contributed by atoms with E-state index in [0.29, 0.717) is 32.0 Å². The largest absolute Gasteiger partial charge is 0.378 e. The summed E-state index contributed by atoms with van der Waals surface area (Å²) in [5, 5.41) is 13.8. The molecule has 9 heteroatoms. The number of morpholine rings is 1. The number of carbonyl (C=O) groups is 2. The predicted octanol–water partition coefficient (Wildman–Crippen LogP) is 1.78. The van der Waals surface area contributed by atoms with Crippen molar-refractivity contribution in [2.24, 2.45) is 5.73 Å². The minimum absolute atomic E-state index is 0.144. The van der Waals surface area contributed by atoms with Crippen LogP contribution in [-0.2, 0) is 4.74 Å². The Balaban J connectivity index is 1.98. The average molecular weight is 370 g/mol. The summed E-state index contributed by atoms with van der Waals surface area (Å²) in [6.07, 6.45) is 0. The summed E-state index contributed by atoms with van der Waals surface area (Å²) < 4.78 is 5.32. The van der Waals surface area contributed by atoms with Crippen LogP contribution in [-0.4, -0.2) is 43.0 Å². The topological polar surface area (TPSA) is 128 Å². The number of nitro groups is 1. The van der Waals surface area contributed by atoms with Crippen LogP contribution in [0.4, 0.5) is 17.1 Å². The third-order valence-corrected chi connectivity index (χ3v) is 4.23. The molecular formula is C18H18N4O5. The van der Waals surface area contributed by atoms with Gasteiger partial charge in [-0.2, -0.15) is 0 Å². The Kier molecular flexibility index (Phi) is 5.32. The molecule has 2 amide bonds. The van der Waals surface area contributed by atoms with Crippen LogP contribution in [0.3, 0.4) is 0 Å². The summed E-state index contributed by atoms with van der Waals surface area (Å²) in [4.78, 5) is 37.0. The Morgan fingerprint density at radius 2 is 1.81 bits per heavy atom. The highest BCUT2D eigenvalue weighted by molar-refractivity contribution is 6.11. The molecule has 140 valence electrons. The first-order valence-electron chi connectivity index (χ1n) is 8.28. The van der Waals surface area contributed by atoms with Gasteiger partial charge in [-0.15, -0.1) is 0 Å². The number of nitrogens with one attached hydrogen (secondary N) is 1. The molecule has 0 spiro atoms. The number of non-ortho nitro benzene ring substituents is 1. The second kappa shape index (κ2) is 7.83. The summed E-state index contributed by atoms with van der Waals surface area (Å²) in [5.74, 6) is -1.24. The van der Waals surface area contributed by atoms with Crippen LogP contribution in [0.5, 0.6) is 0 Å². The van der Waals surface area contributed by atoms with Gasteiger partial charge in [0.1, 0.15) is 0 Å². The zero-order chi connectivity index (χ0) is 19.4. The van der Waals surface area contributed by atoms with Gasteiger partial charge in [-0.05, 0) is 18.2 Å². The molecule has 1 heterocycles. The number of amides is 2. The van der Waals surface area contributed by atoms with Crippen molar-refractivity contribution in [1.82, 2.24) is 0 Å². The Hall–Kier alpha value is -3.46. The zero-order valence-electron chi connectivity index (χ0n) is 14.4. The van der Waals surface area contributed by atoms with E-state index in [1.54, 1.807) is 24.3 Å². The Morgan fingerprint density at radius 3 is 2.48 bits per heavy atom. The molecule has 9 nitrogen and oxygen atoms in total. The number of nitrogens with two attached hydrogens (primary N) is 1. The molecule has 0 radical (unpaired) electrons. The predicted molar refractivity (Wildman–Crippen MR) is 99.0 cm³/mol. The van der Waals surface area contributed by atoms with Gasteiger partial charge in [-0.25, -0.2) is 0 Å². The van der Waals surface area contributed by atoms with Gasteiger partial charge in [0, 0.05) is 25.2 Å². The van der Waals surface area contributed by atoms with E-state index in [4.69, 9.17) is 10.5 Å². The van der Waals surface area contributed by atoms with Crippen molar-refractivity contribution in [3.05, 3.63) is 63.7 Å². The van der Waals surface area contributed by atoms with E-state index < -0.39 is 16.7 Å². The maximum absolute atomic E-state index is 12.9. The summed E-state index contributed by atoms with van der Waals surface area (Å²) in [6, 6.07) is 10.5. The van der Waals surface area contributed by atoms with Crippen molar-refractivity contribution in [3.8, 4) is 0 Å². The lowest BCUT2D eigenvalue weighted by molar-refractivity contribution is -0.384. The number of rotatable bonds is 5. The van der Waals surface area contributed by atoms with Gasteiger partial charge in [0.2, 0.25) is 0 Å². The molecule has 0 aliphatic carbocycles. The van der Waals surface area contributed by atoms with Gasteiger partial charge >= 0.3 is 0 Å². The fourth-order valence-electron chi connectivity index (χ4n) is 2.90. The minimum atomic E-state index is -0.682. The molecule has 0 unspecified atom stereocenters. The molecule has 1 saturated heterocycles. The van der Waals surface area contributed by atoms with Crippen molar-refractivity contribution >= 4 is 28.9 Å². The standard InChI is InChI=1S/C18H18N4O5/c19-17(23)13-3-1-2-4-15(13)20-18(24)14-11-12(22(25)26)5-6-16(14)21-7-9-27-10-8-21/h1-6,11H,7-10H2,(H2,19,23)(H,20,24). The van der Waals surface area contributed by atoms with E-state index in [1.807, 2.05) is 4.90 Å². The number of nitro benzene ring substituents is 1. The quantitative estimate of drug-likeness (QED) is 0.610. The Morgan fingerprint density at radius 1 is 1.11 bits per heavy atom. The fraction of sp³-hybridized carbons (Fsp3) is 0.222. The van der Waals surface area contributed by atoms with Gasteiger partial charge in [0.25, 0.3) is 17.5 Å². The van der Waals surface area contributed by atoms with Crippen molar-refractivity contribution in [2.45, 2.75) is 0 Å². The number of benzene rings is 2. The number of para-hydroxylation sites is 1. The van der Waals surface area contributed by atoms with Crippen LogP contribution in [0, 0.1) is 10.1 Å². The molecule has 1 aliphatic heterocycles. The van der Waals surface area contributed by atoms with Gasteiger partial charge in [0.15, 0.2) is 0 Å². The molecule has 2 aromatic rings. The molecule has 1 aliphatic rings. The lowest BCUT2D eigenvalue weighted by Gasteiger charge is -2.30. The highest BCUT2D eigenvalue weighted by atomic mass is 16.6. The number of hydrogen-bond acceptors (Lipinski definition) is 6. The van der Waals surface area contributed by atoms with Gasteiger partial charge < -0.3 is 20.7 Å². The van der Waals surface area contributed by atoms with Crippen LogP contribution >= 0.6 is 0 Å². The number of primary amides is 1. The van der Waals surface area contributed by atoms with Gasteiger partial charge in [0.05, 0.1) is 40.6 Å². The summed E-state index contributed by atoms with van der Waals surface area (Å²) >= 11 is 0.